The van der Waals surface area contributed by atoms with Crippen molar-refractivity contribution in [1.82, 2.24) is 15.5 Å². The first-order valence-electron chi connectivity index (χ1n) is 8.84. The van der Waals surface area contributed by atoms with Gasteiger partial charge >= 0.3 is 6.09 Å². The smallest absolute Gasteiger partial charge is 0.407 e. The SMILES string of the molecule is CCNC(=O)OC1CCN(c2nnc(Cl)c3cc(OC)c(OC)cc23)CC1. The van der Waals surface area contributed by atoms with Crippen molar-refractivity contribution in [2.75, 3.05) is 38.8 Å². The van der Waals surface area contributed by atoms with Crippen LogP contribution in [0.25, 0.3) is 10.8 Å². The maximum Gasteiger partial charge on any atom is 0.407 e. The molecule has 0 saturated carbocycles. The Morgan fingerprint density at radius 1 is 1.19 bits per heavy atom. The third kappa shape index (κ3) is 4.10. The van der Waals surface area contributed by atoms with Gasteiger partial charge in [-0.05, 0) is 19.1 Å². The Hall–Kier alpha value is -2.48. The highest BCUT2D eigenvalue weighted by Gasteiger charge is 2.25. The second kappa shape index (κ2) is 8.47. The van der Waals surface area contributed by atoms with E-state index in [-0.39, 0.29) is 12.2 Å². The highest BCUT2D eigenvalue weighted by Crippen LogP contribution is 2.38. The molecule has 0 unspecified atom stereocenters. The molecule has 0 atom stereocenters. The van der Waals surface area contributed by atoms with Gasteiger partial charge in [0.2, 0.25) is 0 Å². The molecular weight excluding hydrogens is 372 g/mol. The van der Waals surface area contributed by atoms with Crippen molar-refractivity contribution >= 4 is 34.3 Å². The summed E-state index contributed by atoms with van der Waals surface area (Å²) in [6, 6.07) is 3.67. The lowest BCUT2D eigenvalue weighted by Crippen LogP contribution is -2.40. The predicted octanol–water partition coefficient (Wildman–Crippen LogP) is 3.02. The standard InChI is InChI=1S/C18H23ClN4O4/c1-4-20-18(24)27-11-5-7-23(8-6-11)17-13-10-15(26-3)14(25-2)9-12(13)16(19)21-22-17/h9-11H,4-8H2,1-3H3,(H,20,24). The second-order valence-electron chi connectivity index (χ2n) is 6.19. The third-order valence-corrected chi connectivity index (χ3v) is 4.83. The number of nitrogens with zero attached hydrogens (tertiary/aromatic N) is 3. The van der Waals surface area contributed by atoms with E-state index in [1.807, 2.05) is 13.0 Å². The van der Waals surface area contributed by atoms with Crippen LogP contribution in [0.5, 0.6) is 11.5 Å². The zero-order chi connectivity index (χ0) is 19.4. The molecule has 2 aromatic rings. The molecule has 0 bridgehead atoms. The van der Waals surface area contributed by atoms with Gasteiger partial charge in [0.1, 0.15) is 6.10 Å². The molecule has 2 heterocycles. The van der Waals surface area contributed by atoms with Crippen molar-refractivity contribution < 1.29 is 19.0 Å². The number of ether oxygens (including phenoxy) is 3. The monoisotopic (exact) mass is 394 g/mol. The van der Waals surface area contributed by atoms with Crippen molar-refractivity contribution in [3.8, 4) is 11.5 Å². The van der Waals surface area contributed by atoms with Crippen LogP contribution in [-0.2, 0) is 4.74 Å². The molecule has 1 aromatic heterocycles. The number of methoxy groups -OCH3 is 2. The van der Waals surface area contributed by atoms with Crippen molar-refractivity contribution in [1.29, 1.82) is 0 Å². The maximum absolute atomic E-state index is 11.6. The van der Waals surface area contributed by atoms with E-state index in [1.54, 1.807) is 20.3 Å². The molecule has 1 aliphatic heterocycles. The van der Waals surface area contributed by atoms with Crippen LogP contribution < -0.4 is 19.7 Å². The van der Waals surface area contributed by atoms with E-state index in [0.29, 0.717) is 36.3 Å². The summed E-state index contributed by atoms with van der Waals surface area (Å²) in [4.78, 5) is 13.7. The summed E-state index contributed by atoms with van der Waals surface area (Å²) >= 11 is 6.25. The number of amides is 1. The van der Waals surface area contributed by atoms with Crippen LogP contribution >= 0.6 is 11.6 Å². The molecule has 0 radical (unpaired) electrons. The largest absolute Gasteiger partial charge is 0.493 e. The second-order valence-corrected chi connectivity index (χ2v) is 6.55. The molecule has 1 fully saturated rings. The highest BCUT2D eigenvalue weighted by atomic mass is 35.5. The summed E-state index contributed by atoms with van der Waals surface area (Å²) < 4.78 is 16.2. The number of nitrogens with one attached hydrogen (secondary N) is 1. The van der Waals surface area contributed by atoms with E-state index in [0.717, 1.165) is 29.4 Å². The van der Waals surface area contributed by atoms with Crippen LogP contribution in [0.2, 0.25) is 5.15 Å². The van der Waals surface area contributed by atoms with Gasteiger partial charge in [-0.2, -0.15) is 0 Å². The summed E-state index contributed by atoms with van der Waals surface area (Å²) in [7, 11) is 3.16. The van der Waals surface area contributed by atoms with E-state index in [4.69, 9.17) is 25.8 Å². The fourth-order valence-electron chi connectivity index (χ4n) is 3.19. The van der Waals surface area contributed by atoms with Crippen LogP contribution in [0, 0.1) is 0 Å². The molecule has 1 saturated heterocycles. The van der Waals surface area contributed by atoms with Gasteiger partial charge in [-0.3, -0.25) is 0 Å². The van der Waals surface area contributed by atoms with Crippen molar-refractivity contribution in [3.05, 3.63) is 17.3 Å². The van der Waals surface area contributed by atoms with Gasteiger partial charge in [0.15, 0.2) is 22.5 Å². The molecule has 8 nitrogen and oxygen atoms in total. The lowest BCUT2D eigenvalue weighted by molar-refractivity contribution is 0.0836. The molecule has 1 aliphatic rings. The van der Waals surface area contributed by atoms with Gasteiger partial charge in [0.25, 0.3) is 0 Å². The fourth-order valence-corrected chi connectivity index (χ4v) is 3.38. The third-order valence-electron chi connectivity index (χ3n) is 4.56. The van der Waals surface area contributed by atoms with Crippen LogP contribution in [0.3, 0.4) is 0 Å². The molecule has 3 rings (SSSR count). The number of carbonyl (C=O) groups is 1. The molecule has 1 aromatic carbocycles. The number of halogens is 1. The molecule has 1 amide bonds. The van der Waals surface area contributed by atoms with Gasteiger partial charge in [0, 0.05) is 43.2 Å². The summed E-state index contributed by atoms with van der Waals surface area (Å²) in [5, 5.41) is 12.9. The van der Waals surface area contributed by atoms with Crippen molar-refractivity contribution in [3.63, 3.8) is 0 Å². The minimum Gasteiger partial charge on any atom is -0.493 e. The number of hydrogen-bond acceptors (Lipinski definition) is 7. The van der Waals surface area contributed by atoms with Crippen molar-refractivity contribution in [2.24, 2.45) is 0 Å². The quantitative estimate of drug-likeness (QED) is 0.834. The van der Waals surface area contributed by atoms with Gasteiger partial charge < -0.3 is 24.4 Å². The van der Waals surface area contributed by atoms with E-state index in [1.165, 1.54) is 0 Å². The Bertz CT molecular complexity index is 825. The van der Waals surface area contributed by atoms with Gasteiger partial charge in [-0.15, -0.1) is 10.2 Å². The summed E-state index contributed by atoms with van der Waals surface area (Å²) in [6.07, 6.45) is 0.963. The number of fused-ring (bicyclic) bond motifs is 1. The van der Waals surface area contributed by atoms with Gasteiger partial charge in [-0.1, -0.05) is 11.6 Å². The number of piperidine rings is 1. The Balaban J connectivity index is 1.83. The molecule has 9 heteroatoms. The van der Waals surface area contributed by atoms with Crippen LogP contribution in [0.15, 0.2) is 12.1 Å². The minimum absolute atomic E-state index is 0.103. The zero-order valence-electron chi connectivity index (χ0n) is 15.6. The number of hydrogen-bond donors (Lipinski definition) is 1. The van der Waals surface area contributed by atoms with Crippen molar-refractivity contribution in [2.45, 2.75) is 25.9 Å². The lowest BCUT2D eigenvalue weighted by Gasteiger charge is -2.32. The van der Waals surface area contributed by atoms with E-state index < -0.39 is 0 Å². The Morgan fingerprint density at radius 3 is 2.41 bits per heavy atom. The maximum atomic E-state index is 11.6. The number of alkyl carbamates (subject to hydrolysis) is 1. The van der Waals surface area contributed by atoms with Crippen LogP contribution in [-0.4, -0.2) is 56.2 Å². The number of rotatable bonds is 5. The summed E-state index contributed by atoms with van der Waals surface area (Å²) in [5.74, 6) is 1.91. The van der Waals surface area contributed by atoms with Gasteiger partial charge in [0.05, 0.1) is 14.2 Å². The first-order chi connectivity index (χ1) is 13.1. The topological polar surface area (TPSA) is 85.8 Å². The van der Waals surface area contributed by atoms with Gasteiger partial charge in [-0.25, -0.2) is 4.79 Å². The molecule has 0 spiro atoms. The Morgan fingerprint density at radius 2 is 1.81 bits per heavy atom. The summed E-state index contributed by atoms with van der Waals surface area (Å²) in [6.45, 7) is 3.81. The Labute approximate surface area is 162 Å². The number of aromatic nitrogens is 2. The number of benzene rings is 1. The molecule has 1 N–H and O–H groups in total. The normalized spacial score (nSPS) is 14.9. The lowest BCUT2D eigenvalue weighted by atomic mass is 10.1. The molecule has 0 aliphatic carbocycles. The van der Waals surface area contributed by atoms with Crippen LogP contribution in [0.1, 0.15) is 19.8 Å². The zero-order valence-corrected chi connectivity index (χ0v) is 16.4. The average Bonchev–Trinajstić information content (AvgIpc) is 2.68. The summed E-state index contributed by atoms with van der Waals surface area (Å²) in [5.41, 5.74) is 0. The Kier molecular flexibility index (Phi) is 6.05. The molecule has 146 valence electrons. The average molecular weight is 395 g/mol. The first kappa shape index (κ1) is 19.3. The minimum atomic E-state index is -0.371. The fraction of sp³-hybridized carbons (Fsp3) is 0.500. The number of anilines is 1. The van der Waals surface area contributed by atoms with Crippen LogP contribution in [0.4, 0.5) is 10.6 Å². The predicted molar refractivity (Wildman–Crippen MR) is 103 cm³/mol. The number of carbonyl (C=O) groups excluding carboxylic acids is 1. The molecule has 27 heavy (non-hydrogen) atoms. The van der Waals surface area contributed by atoms with E-state index in [9.17, 15) is 4.79 Å². The first-order valence-corrected chi connectivity index (χ1v) is 9.22. The highest BCUT2D eigenvalue weighted by molar-refractivity contribution is 6.34. The molecular formula is C18H23ClN4O4. The van der Waals surface area contributed by atoms with E-state index in [2.05, 4.69) is 20.4 Å². The van der Waals surface area contributed by atoms with E-state index >= 15 is 0 Å².